The summed E-state index contributed by atoms with van der Waals surface area (Å²) in [6, 6.07) is 10.7. The average Bonchev–Trinajstić information content (AvgIpc) is 2.47. The van der Waals surface area contributed by atoms with Gasteiger partial charge in [0.15, 0.2) is 0 Å². The Kier molecular flexibility index (Phi) is 3.65. The van der Waals surface area contributed by atoms with Crippen LogP contribution >= 0.6 is 0 Å². The fourth-order valence-electron chi connectivity index (χ4n) is 2.52. The second-order valence-corrected chi connectivity index (χ2v) is 5.02. The highest BCUT2D eigenvalue weighted by atomic mass is 19.1. The number of hydrogen-bond acceptors (Lipinski definition) is 3. The van der Waals surface area contributed by atoms with E-state index in [2.05, 4.69) is 16.0 Å². The van der Waals surface area contributed by atoms with Gasteiger partial charge in [-0.1, -0.05) is 12.1 Å². The van der Waals surface area contributed by atoms with Gasteiger partial charge < -0.3 is 9.64 Å². The highest BCUT2D eigenvalue weighted by Crippen LogP contribution is 2.26. The predicted molar refractivity (Wildman–Crippen MR) is 76.3 cm³/mol. The van der Waals surface area contributed by atoms with Crippen molar-refractivity contribution in [3.8, 4) is 0 Å². The van der Waals surface area contributed by atoms with Gasteiger partial charge in [0.2, 0.25) is 0 Å². The van der Waals surface area contributed by atoms with E-state index in [0.717, 1.165) is 30.0 Å². The Balaban J connectivity index is 1.80. The number of benzene rings is 1. The molecular weight excluding hydrogens is 255 g/mol. The molecule has 0 aliphatic carbocycles. The van der Waals surface area contributed by atoms with Crippen LogP contribution in [0.4, 0.5) is 10.1 Å². The van der Waals surface area contributed by atoms with E-state index in [1.807, 2.05) is 25.3 Å². The average molecular weight is 272 g/mol. The van der Waals surface area contributed by atoms with Crippen molar-refractivity contribution in [1.29, 1.82) is 0 Å². The molecule has 2 aromatic rings. The van der Waals surface area contributed by atoms with E-state index in [4.69, 9.17) is 4.74 Å². The number of hydrogen-bond donors (Lipinski definition) is 0. The van der Waals surface area contributed by atoms with Crippen molar-refractivity contribution >= 4 is 5.69 Å². The highest BCUT2D eigenvalue weighted by molar-refractivity contribution is 5.47. The summed E-state index contributed by atoms with van der Waals surface area (Å²) in [7, 11) is 0. The van der Waals surface area contributed by atoms with Gasteiger partial charge in [0.05, 0.1) is 6.61 Å². The first-order valence-electron chi connectivity index (χ1n) is 6.77. The summed E-state index contributed by atoms with van der Waals surface area (Å²) >= 11 is 0. The van der Waals surface area contributed by atoms with E-state index in [-0.39, 0.29) is 11.9 Å². The number of pyridine rings is 1. The largest absolute Gasteiger partial charge is 0.370 e. The summed E-state index contributed by atoms with van der Waals surface area (Å²) in [5.74, 6) is -0.219. The fourth-order valence-corrected chi connectivity index (χ4v) is 2.52. The first-order chi connectivity index (χ1) is 9.72. The van der Waals surface area contributed by atoms with Crippen LogP contribution in [0.15, 0.2) is 42.6 Å². The van der Waals surface area contributed by atoms with Crippen LogP contribution in [-0.4, -0.2) is 24.7 Å². The van der Waals surface area contributed by atoms with Gasteiger partial charge in [0, 0.05) is 30.7 Å². The van der Waals surface area contributed by atoms with Gasteiger partial charge in [0.1, 0.15) is 11.9 Å². The van der Waals surface area contributed by atoms with Gasteiger partial charge in [-0.2, -0.15) is 0 Å². The van der Waals surface area contributed by atoms with Crippen molar-refractivity contribution in [2.24, 2.45) is 0 Å². The molecule has 0 saturated carbocycles. The minimum Gasteiger partial charge on any atom is -0.370 e. The van der Waals surface area contributed by atoms with Crippen molar-refractivity contribution < 1.29 is 9.13 Å². The lowest BCUT2D eigenvalue weighted by Crippen LogP contribution is -2.38. The second-order valence-electron chi connectivity index (χ2n) is 5.02. The van der Waals surface area contributed by atoms with Crippen LogP contribution in [0.5, 0.6) is 0 Å². The van der Waals surface area contributed by atoms with Gasteiger partial charge in [-0.15, -0.1) is 0 Å². The van der Waals surface area contributed by atoms with Crippen LogP contribution in [0.1, 0.15) is 17.4 Å². The zero-order valence-electron chi connectivity index (χ0n) is 11.4. The zero-order chi connectivity index (χ0) is 13.9. The van der Waals surface area contributed by atoms with Crippen LogP contribution in [0.25, 0.3) is 0 Å². The Morgan fingerprint density at radius 2 is 2.20 bits per heavy atom. The summed E-state index contributed by atoms with van der Waals surface area (Å²) in [5.41, 5.74) is 3.03. The van der Waals surface area contributed by atoms with Gasteiger partial charge in [-0.25, -0.2) is 4.39 Å². The van der Waals surface area contributed by atoms with E-state index in [0.29, 0.717) is 6.61 Å². The minimum absolute atomic E-state index is 0.0899. The minimum atomic E-state index is -0.219. The monoisotopic (exact) mass is 272 g/mol. The van der Waals surface area contributed by atoms with Crippen LogP contribution in [0, 0.1) is 12.7 Å². The number of morpholine rings is 1. The summed E-state index contributed by atoms with van der Waals surface area (Å²) in [6.07, 6.45) is 1.73. The summed E-state index contributed by atoms with van der Waals surface area (Å²) in [6.45, 7) is 4.19. The van der Waals surface area contributed by atoms with Crippen molar-refractivity contribution in [2.75, 3.05) is 24.6 Å². The fraction of sp³-hybridized carbons (Fsp3) is 0.312. The molecular formula is C16H17FN2O. The van der Waals surface area contributed by atoms with Gasteiger partial charge >= 0.3 is 0 Å². The van der Waals surface area contributed by atoms with Gasteiger partial charge in [-0.3, -0.25) is 4.98 Å². The number of aryl methyl sites for hydroxylation is 1. The molecule has 1 unspecified atom stereocenters. The van der Waals surface area contributed by atoms with E-state index < -0.39 is 0 Å². The molecule has 3 nitrogen and oxygen atoms in total. The maximum Gasteiger partial charge on any atom is 0.123 e. The third-order valence-electron chi connectivity index (χ3n) is 3.53. The summed E-state index contributed by atoms with van der Waals surface area (Å²) in [5, 5.41) is 0. The SMILES string of the molecule is Cc1cc(N2CCOC(c3cccc(F)c3)C2)ccn1. The number of nitrogens with zero attached hydrogens (tertiary/aromatic N) is 2. The van der Waals surface area contributed by atoms with Crippen molar-refractivity contribution in [3.63, 3.8) is 0 Å². The highest BCUT2D eigenvalue weighted by Gasteiger charge is 2.22. The first kappa shape index (κ1) is 13.1. The molecule has 0 spiro atoms. The van der Waals surface area contributed by atoms with Gasteiger partial charge in [-0.05, 0) is 36.8 Å². The Hall–Kier alpha value is -1.94. The number of halogens is 1. The quantitative estimate of drug-likeness (QED) is 0.840. The molecule has 3 rings (SSSR count). The lowest BCUT2D eigenvalue weighted by Gasteiger charge is -2.34. The van der Waals surface area contributed by atoms with Crippen molar-refractivity contribution in [1.82, 2.24) is 4.98 Å². The van der Waals surface area contributed by atoms with Crippen LogP contribution in [0.2, 0.25) is 0 Å². The van der Waals surface area contributed by atoms with Crippen molar-refractivity contribution in [3.05, 3.63) is 59.7 Å². The Morgan fingerprint density at radius 1 is 1.30 bits per heavy atom. The molecule has 1 saturated heterocycles. The standard InChI is InChI=1S/C16H17FN2O/c1-12-9-15(5-6-18-12)19-7-8-20-16(11-19)13-3-2-4-14(17)10-13/h2-6,9-10,16H,7-8,11H2,1H3. The van der Waals surface area contributed by atoms with Crippen LogP contribution in [-0.2, 0) is 4.74 Å². The summed E-state index contributed by atoms with van der Waals surface area (Å²) in [4.78, 5) is 6.47. The molecule has 1 aromatic heterocycles. The molecule has 2 heterocycles. The molecule has 0 bridgehead atoms. The number of rotatable bonds is 2. The molecule has 0 N–H and O–H groups in total. The molecule has 0 radical (unpaired) electrons. The maximum atomic E-state index is 13.3. The normalized spacial score (nSPS) is 19.1. The first-order valence-corrected chi connectivity index (χ1v) is 6.77. The lowest BCUT2D eigenvalue weighted by atomic mass is 10.1. The van der Waals surface area contributed by atoms with Gasteiger partial charge in [0.25, 0.3) is 0 Å². The molecule has 4 heteroatoms. The summed E-state index contributed by atoms with van der Waals surface area (Å²) < 4.78 is 19.1. The van der Waals surface area contributed by atoms with E-state index >= 15 is 0 Å². The third kappa shape index (κ3) is 2.80. The predicted octanol–water partition coefficient (Wildman–Crippen LogP) is 3.11. The Morgan fingerprint density at radius 3 is 3.00 bits per heavy atom. The smallest absolute Gasteiger partial charge is 0.123 e. The zero-order valence-corrected chi connectivity index (χ0v) is 11.4. The Bertz CT molecular complexity index is 551. The molecule has 1 aliphatic rings. The number of aromatic nitrogens is 1. The second kappa shape index (κ2) is 5.59. The molecule has 1 aliphatic heterocycles. The number of anilines is 1. The lowest BCUT2D eigenvalue weighted by molar-refractivity contribution is 0.0396. The molecule has 0 amide bonds. The topological polar surface area (TPSA) is 25.4 Å². The van der Waals surface area contributed by atoms with E-state index in [9.17, 15) is 4.39 Å². The Labute approximate surface area is 118 Å². The van der Waals surface area contributed by atoms with E-state index in [1.165, 1.54) is 6.07 Å². The molecule has 104 valence electrons. The molecule has 1 fully saturated rings. The van der Waals surface area contributed by atoms with Crippen LogP contribution in [0.3, 0.4) is 0 Å². The number of ether oxygens (including phenoxy) is 1. The van der Waals surface area contributed by atoms with E-state index in [1.54, 1.807) is 12.1 Å². The third-order valence-corrected chi connectivity index (χ3v) is 3.53. The molecule has 20 heavy (non-hydrogen) atoms. The molecule has 1 aromatic carbocycles. The maximum absolute atomic E-state index is 13.3. The van der Waals surface area contributed by atoms with Crippen LogP contribution < -0.4 is 4.90 Å². The van der Waals surface area contributed by atoms with Crippen molar-refractivity contribution in [2.45, 2.75) is 13.0 Å². The molecule has 1 atom stereocenters.